The van der Waals surface area contributed by atoms with Crippen LogP contribution in [0.3, 0.4) is 0 Å². The summed E-state index contributed by atoms with van der Waals surface area (Å²) < 4.78 is 17.8. The molecule has 2 aromatic rings. The van der Waals surface area contributed by atoms with Crippen molar-refractivity contribution >= 4 is 11.7 Å². The predicted octanol–water partition coefficient (Wildman–Crippen LogP) is 1.82. The molecule has 0 aliphatic carbocycles. The highest BCUT2D eigenvalue weighted by Gasteiger charge is 2.03. The van der Waals surface area contributed by atoms with Crippen LogP contribution in [-0.2, 0) is 0 Å². The van der Waals surface area contributed by atoms with E-state index in [1.54, 1.807) is 0 Å². The monoisotopic (exact) mass is 204 g/mol. The molecular weight excluding hydrogens is 199 g/mol. The summed E-state index contributed by atoms with van der Waals surface area (Å²) in [6.45, 7) is 0. The van der Waals surface area contributed by atoms with Gasteiger partial charge in [0.1, 0.15) is 5.82 Å². The number of halogens is 1. The molecule has 15 heavy (non-hydrogen) atoms. The molecule has 74 valence electrons. The first kappa shape index (κ1) is 9.15. The molecule has 0 aliphatic rings. The zero-order valence-electron chi connectivity index (χ0n) is 7.44. The lowest BCUT2D eigenvalue weighted by Gasteiger charge is -2.01. The van der Waals surface area contributed by atoms with Gasteiger partial charge < -0.3 is 9.73 Å². The lowest BCUT2D eigenvalue weighted by molar-refractivity contribution is 0.571. The molecule has 0 aliphatic heterocycles. The van der Waals surface area contributed by atoms with E-state index in [9.17, 15) is 4.39 Å². The van der Waals surface area contributed by atoms with E-state index < -0.39 is 5.82 Å². The van der Waals surface area contributed by atoms with Gasteiger partial charge in [-0.3, -0.25) is 0 Å². The van der Waals surface area contributed by atoms with Crippen molar-refractivity contribution in [2.45, 2.75) is 0 Å². The van der Waals surface area contributed by atoms with Gasteiger partial charge in [0, 0.05) is 5.69 Å². The van der Waals surface area contributed by atoms with Crippen molar-refractivity contribution in [2.24, 2.45) is 0 Å². The molecule has 0 spiro atoms. The van der Waals surface area contributed by atoms with E-state index in [0.717, 1.165) is 12.5 Å². The van der Waals surface area contributed by atoms with Gasteiger partial charge in [-0.05, 0) is 18.2 Å². The molecule has 2 rings (SSSR count). The number of aromatic nitrogens is 2. The zero-order valence-corrected chi connectivity index (χ0v) is 7.44. The predicted molar refractivity (Wildman–Crippen MR) is 48.7 cm³/mol. The van der Waals surface area contributed by atoms with E-state index >= 15 is 0 Å². The fourth-order valence-electron chi connectivity index (χ4n) is 1.08. The standard InChI is InChI=1S/C9H5FN4O/c10-7-1-6(4-11)2-8(3-7)13-9-14-12-5-15-9/h1-3,5H,(H,13,14). The van der Waals surface area contributed by atoms with E-state index in [1.807, 2.05) is 6.07 Å². The van der Waals surface area contributed by atoms with Gasteiger partial charge in [0.25, 0.3) is 0 Å². The van der Waals surface area contributed by atoms with Gasteiger partial charge in [0.15, 0.2) is 0 Å². The van der Waals surface area contributed by atoms with E-state index in [4.69, 9.17) is 9.68 Å². The van der Waals surface area contributed by atoms with Crippen LogP contribution in [0.1, 0.15) is 5.56 Å². The summed E-state index contributed by atoms with van der Waals surface area (Å²) in [5, 5.41) is 18.3. The Balaban J connectivity index is 2.29. The molecular formula is C9H5FN4O. The summed E-state index contributed by atoms with van der Waals surface area (Å²) in [7, 11) is 0. The number of hydrogen-bond donors (Lipinski definition) is 1. The summed E-state index contributed by atoms with van der Waals surface area (Å²) >= 11 is 0. The lowest BCUT2D eigenvalue weighted by Crippen LogP contribution is -1.92. The largest absolute Gasteiger partial charge is 0.411 e. The van der Waals surface area contributed by atoms with Crippen LogP contribution in [0.2, 0.25) is 0 Å². The van der Waals surface area contributed by atoms with Gasteiger partial charge in [-0.1, -0.05) is 5.10 Å². The first-order chi connectivity index (χ1) is 7.28. The summed E-state index contributed by atoms with van der Waals surface area (Å²) in [6.07, 6.45) is 1.15. The number of hydrogen-bond acceptors (Lipinski definition) is 5. The number of rotatable bonds is 2. The van der Waals surface area contributed by atoms with Crippen molar-refractivity contribution in [3.05, 3.63) is 36.0 Å². The van der Waals surface area contributed by atoms with E-state index in [-0.39, 0.29) is 11.6 Å². The van der Waals surface area contributed by atoms with Crippen LogP contribution in [0.5, 0.6) is 0 Å². The first-order valence-corrected chi connectivity index (χ1v) is 4.02. The molecule has 0 bridgehead atoms. The topological polar surface area (TPSA) is 74.7 Å². The zero-order chi connectivity index (χ0) is 10.7. The second-order valence-corrected chi connectivity index (χ2v) is 2.71. The van der Waals surface area contributed by atoms with Crippen molar-refractivity contribution in [3.63, 3.8) is 0 Å². The lowest BCUT2D eigenvalue weighted by atomic mass is 10.2. The second kappa shape index (κ2) is 3.75. The molecule has 0 saturated carbocycles. The Hall–Kier alpha value is -2.42. The Bertz CT molecular complexity index is 503. The van der Waals surface area contributed by atoms with Gasteiger partial charge in [-0.15, -0.1) is 5.10 Å². The fourth-order valence-corrected chi connectivity index (χ4v) is 1.08. The maximum atomic E-state index is 13.0. The summed E-state index contributed by atoms with van der Waals surface area (Å²) in [6, 6.07) is 5.83. The van der Waals surface area contributed by atoms with Crippen molar-refractivity contribution in [3.8, 4) is 6.07 Å². The highest BCUT2D eigenvalue weighted by Crippen LogP contribution is 2.17. The fraction of sp³-hybridized carbons (Fsp3) is 0. The third-order valence-electron chi connectivity index (χ3n) is 1.64. The number of benzene rings is 1. The summed E-state index contributed by atoms with van der Waals surface area (Å²) in [4.78, 5) is 0. The van der Waals surface area contributed by atoms with Crippen LogP contribution in [0.4, 0.5) is 16.1 Å². The number of anilines is 2. The Morgan fingerprint density at radius 3 is 2.93 bits per heavy atom. The van der Waals surface area contributed by atoms with Crippen LogP contribution in [0.25, 0.3) is 0 Å². The highest BCUT2D eigenvalue weighted by molar-refractivity contribution is 5.55. The average molecular weight is 204 g/mol. The molecule has 0 amide bonds. The number of nitriles is 1. The van der Waals surface area contributed by atoms with Gasteiger partial charge in [0.2, 0.25) is 6.39 Å². The third kappa shape index (κ3) is 2.08. The van der Waals surface area contributed by atoms with Crippen molar-refractivity contribution in [2.75, 3.05) is 5.32 Å². The van der Waals surface area contributed by atoms with Crippen LogP contribution >= 0.6 is 0 Å². The molecule has 0 radical (unpaired) electrons. The molecule has 0 saturated heterocycles. The van der Waals surface area contributed by atoms with Gasteiger partial charge >= 0.3 is 6.01 Å². The normalized spacial score (nSPS) is 9.60. The molecule has 1 heterocycles. The third-order valence-corrected chi connectivity index (χ3v) is 1.64. The van der Waals surface area contributed by atoms with E-state index in [2.05, 4.69) is 15.5 Å². The van der Waals surface area contributed by atoms with E-state index in [0.29, 0.717) is 5.69 Å². The Morgan fingerprint density at radius 1 is 1.40 bits per heavy atom. The Kier molecular flexibility index (Phi) is 2.29. The molecule has 0 unspecified atom stereocenters. The highest BCUT2D eigenvalue weighted by atomic mass is 19.1. The van der Waals surface area contributed by atoms with Crippen LogP contribution in [0, 0.1) is 17.1 Å². The second-order valence-electron chi connectivity index (χ2n) is 2.71. The van der Waals surface area contributed by atoms with Crippen molar-refractivity contribution < 1.29 is 8.81 Å². The van der Waals surface area contributed by atoms with Gasteiger partial charge in [-0.2, -0.15) is 5.26 Å². The Morgan fingerprint density at radius 2 is 2.27 bits per heavy atom. The quantitative estimate of drug-likeness (QED) is 0.807. The van der Waals surface area contributed by atoms with Gasteiger partial charge in [-0.25, -0.2) is 4.39 Å². The minimum Gasteiger partial charge on any atom is -0.411 e. The van der Waals surface area contributed by atoms with Crippen molar-refractivity contribution in [1.82, 2.24) is 10.2 Å². The van der Waals surface area contributed by atoms with Crippen LogP contribution in [0.15, 0.2) is 29.0 Å². The molecule has 1 N–H and O–H groups in total. The Labute approximate surface area is 84.2 Å². The van der Waals surface area contributed by atoms with E-state index in [1.165, 1.54) is 12.1 Å². The molecule has 6 heteroatoms. The van der Waals surface area contributed by atoms with Crippen molar-refractivity contribution in [1.29, 1.82) is 5.26 Å². The molecule has 5 nitrogen and oxygen atoms in total. The minimum absolute atomic E-state index is 0.143. The first-order valence-electron chi connectivity index (χ1n) is 4.02. The van der Waals surface area contributed by atoms with Crippen LogP contribution < -0.4 is 5.32 Å². The molecule has 0 atom stereocenters. The average Bonchev–Trinajstić information content (AvgIpc) is 2.69. The SMILES string of the molecule is N#Cc1cc(F)cc(Nc2nnco2)c1. The van der Waals surface area contributed by atoms with Gasteiger partial charge in [0.05, 0.1) is 11.6 Å². The summed E-state index contributed by atoms with van der Waals surface area (Å²) in [5.74, 6) is -0.504. The maximum absolute atomic E-state index is 13.0. The molecule has 1 aromatic heterocycles. The minimum atomic E-state index is -0.504. The number of nitrogens with zero attached hydrogens (tertiary/aromatic N) is 3. The molecule has 1 aromatic carbocycles. The maximum Gasteiger partial charge on any atom is 0.319 e. The smallest absolute Gasteiger partial charge is 0.319 e. The summed E-state index contributed by atoms with van der Waals surface area (Å²) in [5.41, 5.74) is 0.604. The molecule has 0 fully saturated rings. The van der Waals surface area contributed by atoms with Crippen LogP contribution in [-0.4, -0.2) is 10.2 Å². The number of nitrogens with one attached hydrogen (secondary N) is 1.